The number of anilines is 1. The second-order valence-electron chi connectivity index (χ2n) is 9.85. The lowest BCUT2D eigenvalue weighted by atomic mass is 10.1. The second-order valence-corrected chi connectivity index (χ2v) is 11.8. The molecule has 1 aromatic carbocycles. The van der Waals surface area contributed by atoms with Gasteiger partial charge in [-0.1, -0.05) is 0 Å². The molecule has 38 heavy (non-hydrogen) atoms. The zero-order valence-corrected chi connectivity index (χ0v) is 22.0. The summed E-state index contributed by atoms with van der Waals surface area (Å²) >= 11 is 0. The summed E-state index contributed by atoms with van der Waals surface area (Å²) in [6.45, 7) is 4.94. The summed E-state index contributed by atoms with van der Waals surface area (Å²) in [5.41, 5.74) is 3.37. The largest absolute Gasteiger partial charge is 0.377 e. The Morgan fingerprint density at radius 3 is 2.61 bits per heavy atom. The highest BCUT2D eigenvalue weighted by Gasteiger charge is 2.39. The number of pyridine rings is 1. The van der Waals surface area contributed by atoms with Gasteiger partial charge in [0.2, 0.25) is 16.4 Å². The Morgan fingerprint density at radius 2 is 2.00 bits per heavy atom. The number of hydrogen-bond acceptors (Lipinski definition) is 6. The first-order valence-corrected chi connectivity index (χ1v) is 14.1. The molecule has 3 aromatic rings. The Labute approximate surface area is 221 Å². The topological polar surface area (TPSA) is 98.8 Å². The number of morpholine rings is 1. The van der Waals surface area contributed by atoms with Crippen molar-refractivity contribution in [1.82, 2.24) is 19.2 Å². The van der Waals surface area contributed by atoms with Crippen LogP contribution in [0.1, 0.15) is 21.2 Å². The molecule has 3 aliphatic heterocycles. The smallest absolute Gasteiger partial charge is 0.266 e. The van der Waals surface area contributed by atoms with Crippen LogP contribution in [0.25, 0.3) is 22.3 Å². The Bertz CT molecular complexity index is 1380. The predicted molar refractivity (Wildman–Crippen MR) is 142 cm³/mol. The van der Waals surface area contributed by atoms with E-state index >= 15 is 0 Å². The number of rotatable bonds is 5. The van der Waals surface area contributed by atoms with Crippen molar-refractivity contribution in [2.45, 2.75) is 36.6 Å². The van der Waals surface area contributed by atoms with Crippen LogP contribution in [0.3, 0.4) is 0 Å². The van der Waals surface area contributed by atoms with E-state index in [0.717, 1.165) is 30.4 Å². The van der Waals surface area contributed by atoms with Gasteiger partial charge in [0.25, 0.3) is 5.92 Å². The summed E-state index contributed by atoms with van der Waals surface area (Å²) in [5.74, 6) is -2.75. The molecular formula is C26H33F2N5O4S. The highest BCUT2D eigenvalue weighted by molar-refractivity contribution is 7.89. The summed E-state index contributed by atoms with van der Waals surface area (Å²) in [7, 11) is -3.59. The van der Waals surface area contributed by atoms with Gasteiger partial charge in [-0.15, -0.1) is 0 Å². The molecule has 1 N–H and O–H groups in total. The van der Waals surface area contributed by atoms with E-state index in [4.69, 9.17) is 4.74 Å². The monoisotopic (exact) mass is 549 g/mol. The van der Waals surface area contributed by atoms with E-state index in [1.807, 2.05) is 19.1 Å². The summed E-state index contributed by atoms with van der Waals surface area (Å²) in [4.78, 5) is 21.3. The number of hydrogen-bond donors (Lipinski definition) is 1. The molecule has 3 aliphatic rings. The molecule has 206 valence electrons. The van der Waals surface area contributed by atoms with Gasteiger partial charge in [0.15, 0.2) is 0 Å². The average Bonchev–Trinajstić information content (AvgIpc) is 3.46. The van der Waals surface area contributed by atoms with E-state index < -0.39 is 15.9 Å². The minimum Gasteiger partial charge on any atom is -0.377 e. The van der Waals surface area contributed by atoms with Gasteiger partial charge in [-0.3, -0.25) is 9.78 Å². The zero-order chi connectivity index (χ0) is 26.9. The number of alkyl halides is 2. The molecule has 2 aromatic heterocycles. The van der Waals surface area contributed by atoms with Gasteiger partial charge >= 0.3 is 0 Å². The van der Waals surface area contributed by atoms with Crippen molar-refractivity contribution in [3.05, 3.63) is 42.6 Å². The zero-order valence-electron chi connectivity index (χ0n) is 21.1. The Kier molecular flexibility index (Phi) is 7.38. The molecule has 12 heteroatoms. The number of carbonyl (C=O) groups is 1. The Hall–Kier alpha value is -3.09. The van der Waals surface area contributed by atoms with Gasteiger partial charge in [-0.25, -0.2) is 17.2 Å². The number of aromatic amines is 1. The maximum atomic E-state index is 13.8. The molecule has 6 rings (SSSR count). The van der Waals surface area contributed by atoms with Crippen molar-refractivity contribution < 1.29 is 28.2 Å². The van der Waals surface area contributed by atoms with Crippen LogP contribution in [0.15, 0.2) is 47.5 Å². The Morgan fingerprint density at radius 1 is 1.18 bits per heavy atom. The number of aromatic nitrogens is 2. The number of sulfonamides is 1. The quantitative estimate of drug-likeness (QED) is 0.489. The van der Waals surface area contributed by atoms with Gasteiger partial charge in [0.05, 0.1) is 47.4 Å². The van der Waals surface area contributed by atoms with Crippen molar-refractivity contribution in [2.24, 2.45) is 0 Å². The first-order chi connectivity index (χ1) is 18.2. The summed E-state index contributed by atoms with van der Waals surface area (Å²) in [5, 5.41) is 0. The van der Waals surface area contributed by atoms with Crippen molar-refractivity contribution in [3.8, 4) is 11.3 Å². The lowest BCUT2D eigenvalue weighted by Crippen LogP contribution is -2.42. The highest BCUT2D eigenvalue weighted by Crippen LogP contribution is 2.39. The summed E-state index contributed by atoms with van der Waals surface area (Å²) in [6, 6.07) is 10.5. The number of nitrogens with one attached hydrogen (secondary N) is 1. The lowest BCUT2D eigenvalue weighted by molar-refractivity contribution is -0.125. The number of halogens is 2. The fourth-order valence-corrected chi connectivity index (χ4v) is 6.33. The third-order valence-electron chi connectivity index (χ3n) is 7.16. The van der Waals surface area contributed by atoms with Crippen LogP contribution < -0.4 is 4.90 Å². The predicted octanol–water partition coefficient (Wildman–Crippen LogP) is 3.58. The van der Waals surface area contributed by atoms with Crippen molar-refractivity contribution in [1.29, 1.82) is 0 Å². The molecule has 1 atom stereocenters. The molecular weight excluding hydrogens is 516 g/mol. The van der Waals surface area contributed by atoms with Crippen molar-refractivity contribution in [2.75, 3.05) is 50.8 Å². The maximum Gasteiger partial charge on any atom is 0.266 e. The van der Waals surface area contributed by atoms with E-state index in [1.165, 1.54) is 10.4 Å². The molecule has 0 spiro atoms. The minimum absolute atomic E-state index is 0. The number of fused-ring (bicyclic) bond motifs is 1. The molecule has 0 bridgehead atoms. The van der Waals surface area contributed by atoms with Gasteiger partial charge < -0.3 is 19.5 Å². The van der Waals surface area contributed by atoms with Gasteiger partial charge in [-0.2, -0.15) is 4.31 Å². The third kappa shape index (κ3) is 5.38. The molecule has 0 saturated carbocycles. The second kappa shape index (κ2) is 10.6. The molecule has 9 nitrogen and oxygen atoms in total. The van der Waals surface area contributed by atoms with Crippen LogP contribution in [0.4, 0.5) is 14.5 Å². The van der Waals surface area contributed by atoms with Gasteiger partial charge in [-0.05, 0) is 49.7 Å². The van der Waals surface area contributed by atoms with Crippen LogP contribution in [0.2, 0.25) is 0 Å². The van der Waals surface area contributed by atoms with E-state index in [1.54, 1.807) is 34.2 Å². The van der Waals surface area contributed by atoms with E-state index in [0.29, 0.717) is 43.2 Å². The fourth-order valence-electron chi connectivity index (χ4n) is 4.78. The van der Waals surface area contributed by atoms with Crippen LogP contribution in [-0.4, -0.2) is 91.9 Å². The SMILES string of the molecule is C[C@@H]1COCCN1C=O.O=S(=O)(c1ccc(N2CCC(F)(F)C2)c(-c2cc3ncccc3[nH]2)c1)N1CCC1.[HH]. The number of benzene rings is 1. The third-order valence-corrected chi connectivity index (χ3v) is 9.06. The number of carbonyl (C=O) groups excluding carboxylic acids is 1. The molecule has 0 radical (unpaired) electrons. The van der Waals surface area contributed by atoms with Crippen LogP contribution >= 0.6 is 0 Å². The van der Waals surface area contributed by atoms with E-state index in [2.05, 4.69) is 9.97 Å². The number of H-pyrrole nitrogens is 1. The Balaban J connectivity index is 0.000000302. The molecule has 1 amide bonds. The molecule has 5 heterocycles. The first kappa shape index (κ1) is 26.5. The first-order valence-electron chi connectivity index (χ1n) is 12.7. The van der Waals surface area contributed by atoms with Crippen molar-refractivity contribution in [3.63, 3.8) is 0 Å². The highest BCUT2D eigenvalue weighted by atomic mass is 32.2. The average molecular weight is 550 g/mol. The van der Waals surface area contributed by atoms with E-state index in [-0.39, 0.29) is 31.9 Å². The van der Waals surface area contributed by atoms with Gasteiger partial charge in [0, 0.05) is 51.5 Å². The maximum absolute atomic E-state index is 13.8. The van der Waals surface area contributed by atoms with E-state index in [9.17, 15) is 22.0 Å². The molecule has 3 saturated heterocycles. The van der Waals surface area contributed by atoms with Gasteiger partial charge in [0.1, 0.15) is 0 Å². The number of amides is 1. The van der Waals surface area contributed by atoms with Crippen LogP contribution in [0, 0.1) is 0 Å². The number of nitrogens with zero attached hydrogens (tertiary/aromatic N) is 4. The van der Waals surface area contributed by atoms with Crippen molar-refractivity contribution >= 4 is 33.2 Å². The standard InChI is InChI=1S/C20H20F2N4O2S.C6H11NO2.H2/c21-20(22)6-10-25(13-20)19-5-4-14(29(27,28)26-8-2-9-26)11-15(19)17-12-18-16(24-17)3-1-7-23-18;1-6-4-9-3-2-7(6)5-8;/h1,3-5,7,11-12,24H,2,6,8-10,13H2;5-6H,2-4H2,1H3;1H/t;6-;/m.1./s1. The van der Waals surface area contributed by atoms with Crippen LogP contribution in [-0.2, 0) is 19.6 Å². The normalized spacial score (nSPS) is 21.6. The summed E-state index contributed by atoms with van der Waals surface area (Å²) < 4.78 is 60.0. The number of ether oxygens (including phenoxy) is 1. The molecule has 3 fully saturated rings. The minimum atomic E-state index is -3.59. The lowest BCUT2D eigenvalue weighted by Gasteiger charge is -2.30. The fraction of sp³-hybridized carbons (Fsp3) is 0.462. The molecule has 0 unspecified atom stereocenters. The van der Waals surface area contributed by atoms with Crippen LogP contribution in [0.5, 0.6) is 0 Å². The molecule has 0 aliphatic carbocycles. The summed E-state index contributed by atoms with van der Waals surface area (Å²) in [6.07, 6.45) is 3.19.